The van der Waals surface area contributed by atoms with Crippen molar-refractivity contribution in [1.82, 2.24) is 4.90 Å². The van der Waals surface area contributed by atoms with Crippen molar-refractivity contribution < 1.29 is 13.2 Å². The minimum Gasteiger partial charge on any atom is -0.340 e. The van der Waals surface area contributed by atoms with E-state index < -0.39 is 10.0 Å². The molecule has 0 aliphatic heterocycles. The van der Waals surface area contributed by atoms with Crippen molar-refractivity contribution in [3.63, 3.8) is 0 Å². The number of rotatable bonds is 7. The van der Waals surface area contributed by atoms with Gasteiger partial charge in [-0.3, -0.25) is 9.10 Å². The maximum Gasteiger partial charge on any atom is 0.264 e. The topological polar surface area (TPSA) is 57.7 Å². The van der Waals surface area contributed by atoms with Gasteiger partial charge in [0.2, 0.25) is 5.91 Å². The van der Waals surface area contributed by atoms with E-state index >= 15 is 0 Å². The van der Waals surface area contributed by atoms with E-state index in [0.29, 0.717) is 22.8 Å². The Kier molecular flexibility index (Phi) is 7.26. The average molecular weight is 471 g/mol. The van der Waals surface area contributed by atoms with Crippen molar-refractivity contribution in [3.8, 4) is 0 Å². The molecule has 0 aliphatic carbocycles. The van der Waals surface area contributed by atoms with Crippen LogP contribution in [0.4, 0.5) is 5.69 Å². The quantitative estimate of drug-likeness (QED) is 0.481. The zero-order valence-electron chi connectivity index (χ0n) is 18.7. The van der Waals surface area contributed by atoms with Gasteiger partial charge in [0.1, 0.15) is 6.54 Å². The van der Waals surface area contributed by atoms with E-state index in [-0.39, 0.29) is 17.3 Å². The van der Waals surface area contributed by atoms with Gasteiger partial charge in [-0.25, -0.2) is 8.42 Å². The van der Waals surface area contributed by atoms with Crippen molar-refractivity contribution in [2.75, 3.05) is 17.9 Å². The molecule has 0 aromatic heterocycles. The lowest BCUT2D eigenvalue weighted by atomic mass is 10.1. The van der Waals surface area contributed by atoms with Crippen LogP contribution in [0.15, 0.2) is 71.6 Å². The molecule has 0 unspecified atom stereocenters. The van der Waals surface area contributed by atoms with E-state index in [1.54, 1.807) is 56.4 Å². The Hall–Kier alpha value is -2.83. The molecule has 3 aromatic rings. The molecule has 1 amide bonds. The summed E-state index contributed by atoms with van der Waals surface area (Å²) in [6.07, 6.45) is 0. The van der Waals surface area contributed by atoms with Gasteiger partial charge in [0.15, 0.2) is 0 Å². The third kappa shape index (κ3) is 5.50. The number of anilines is 1. The van der Waals surface area contributed by atoms with Gasteiger partial charge >= 0.3 is 0 Å². The van der Waals surface area contributed by atoms with Crippen LogP contribution in [0.5, 0.6) is 0 Å². The van der Waals surface area contributed by atoms with Crippen molar-refractivity contribution >= 4 is 33.2 Å². The SMILES string of the molecule is Cc1ccc(CN(C)C(=O)CN(c2cc(Cl)ccc2C)S(=O)(=O)c2ccc(C)cc2)cc1. The molecule has 168 valence electrons. The van der Waals surface area contributed by atoms with E-state index in [9.17, 15) is 13.2 Å². The Morgan fingerprint density at radius 2 is 1.44 bits per heavy atom. The van der Waals surface area contributed by atoms with E-state index in [1.807, 2.05) is 38.1 Å². The minimum absolute atomic E-state index is 0.122. The second kappa shape index (κ2) is 9.76. The van der Waals surface area contributed by atoms with E-state index in [2.05, 4.69) is 0 Å². The number of amides is 1. The molecule has 3 rings (SSSR count). The maximum absolute atomic E-state index is 13.6. The highest BCUT2D eigenvalue weighted by atomic mass is 35.5. The normalized spacial score (nSPS) is 11.3. The molecule has 0 radical (unpaired) electrons. The van der Waals surface area contributed by atoms with Gasteiger partial charge in [-0.1, -0.05) is 65.2 Å². The summed E-state index contributed by atoms with van der Waals surface area (Å²) in [5.74, 6) is -0.319. The number of benzene rings is 3. The molecule has 0 saturated heterocycles. The number of carbonyl (C=O) groups is 1. The summed E-state index contributed by atoms with van der Waals surface area (Å²) in [7, 11) is -2.32. The first-order chi connectivity index (χ1) is 15.1. The second-order valence-electron chi connectivity index (χ2n) is 7.99. The summed E-state index contributed by atoms with van der Waals surface area (Å²) in [5.41, 5.74) is 4.14. The zero-order chi connectivity index (χ0) is 23.5. The highest BCUT2D eigenvalue weighted by molar-refractivity contribution is 7.92. The van der Waals surface area contributed by atoms with Gasteiger partial charge in [0.05, 0.1) is 10.6 Å². The second-order valence-corrected chi connectivity index (χ2v) is 10.3. The van der Waals surface area contributed by atoms with E-state index in [0.717, 1.165) is 21.0 Å². The third-order valence-electron chi connectivity index (χ3n) is 5.29. The minimum atomic E-state index is -3.99. The summed E-state index contributed by atoms with van der Waals surface area (Å²) >= 11 is 6.18. The highest BCUT2D eigenvalue weighted by Gasteiger charge is 2.29. The molecule has 3 aromatic carbocycles. The Labute approximate surface area is 195 Å². The molecule has 0 spiro atoms. The van der Waals surface area contributed by atoms with E-state index in [1.165, 1.54) is 4.90 Å². The van der Waals surface area contributed by atoms with Crippen LogP contribution < -0.4 is 4.31 Å². The van der Waals surface area contributed by atoms with Gasteiger partial charge in [0, 0.05) is 18.6 Å². The monoisotopic (exact) mass is 470 g/mol. The van der Waals surface area contributed by atoms with Crippen LogP contribution >= 0.6 is 11.6 Å². The standard InChI is InChI=1S/C25H27ClN2O3S/c1-18-5-10-21(11-6-18)16-27(4)25(29)17-28(24-15-22(26)12-9-20(24)3)32(30,31)23-13-7-19(2)8-14-23/h5-15H,16-17H2,1-4H3. The third-order valence-corrected chi connectivity index (χ3v) is 7.30. The van der Waals surface area contributed by atoms with Gasteiger partial charge in [-0.15, -0.1) is 0 Å². The molecule has 0 fully saturated rings. The fourth-order valence-electron chi connectivity index (χ4n) is 3.29. The molecule has 7 heteroatoms. The molecule has 32 heavy (non-hydrogen) atoms. The predicted octanol–water partition coefficient (Wildman–Crippen LogP) is 5.12. The Morgan fingerprint density at radius 3 is 2.03 bits per heavy atom. The highest BCUT2D eigenvalue weighted by Crippen LogP contribution is 2.29. The van der Waals surface area contributed by atoms with Gasteiger partial charge in [0.25, 0.3) is 10.0 Å². The molecular formula is C25H27ClN2O3S. The molecule has 0 N–H and O–H groups in total. The first kappa shape index (κ1) is 23.8. The number of sulfonamides is 1. The number of carbonyl (C=O) groups excluding carboxylic acids is 1. The van der Waals surface area contributed by atoms with Crippen LogP contribution in [0.2, 0.25) is 5.02 Å². The Bertz CT molecular complexity index is 1210. The molecule has 0 atom stereocenters. The zero-order valence-corrected chi connectivity index (χ0v) is 20.2. The van der Waals surface area contributed by atoms with Crippen LogP contribution in [0, 0.1) is 20.8 Å². The summed E-state index contributed by atoms with van der Waals surface area (Å²) in [6, 6.07) is 19.5. The predicted molar refractivity (Wildman–Crippen MR) is 130 cm³/mol. The molecule has 0 bridgehead atoms. The fourth-order valence-corrected chi connectivity index (χ4v) is 4.92. The summed E-state index contributed by atoms with van der Waals surface area (Å²) in [6.45, 7) is 5.73. The van der Waals surface area contributed by atoms with Gasteiger partial charge in [-0.2, -0.15) is 0 Å². The van der Waals surface area contributed by atoms with E-state index in [4.69, 9.17) is 11.6 Å². The van der Waals surface area contributed by atoms with Crippen LogP contribution in [-0.4, -0.2) is 32.8 Å². The molecular weight excluding hydrogens is 444 g/mol. The van der Waals surface area contributed by atoms with Crippen molar-refractivity contribution in [1.29, 1.82) is 0 Å². The fraction of sp³-hybridized carbons (Fsp3) is 0.240. The maximum atomic E-state index is 13.6. The van der Waals surface area contributed by atoms with Gasteiger partial charge < -0.3 is 4.90 Å². The van der Waals surface area contributed by atoms with Crippen LogP contribution in [0.1, 0.15) is 22.3 Å². The van der Waals surface area contributed by atoms with Crippen LogP contribution in [-0.2, 0) is 21.4 Å². The van der Waals surface area contributed by atoms with Gasteiger partial charge in [-0.05, 0) is 56.2 Å². The number of aryl methyl sites for hydroxylation is 3. The van der Waals surface area contributed by atoms with Crippen LogP contribution in [0.3, 0.4) is 0 Å². The average Bonchev–Trinajstić information content (AvgIpc) is 2.75. The number of hydrogen-bond acceptors (Lipinski definition) is 3. The Balaban J connectivity index is 1.95. The molecule has 5 nitrogen and oxygen atoms in total. The number of likely N-dealkylation sites (N-methyl/N-ethyl adjacent to an activating group) is 1. The summed E-state index contributed by atoms with van der Waals surface area (Å²) in [4.78, 5) is 14.8. The lowest BCUT2D eigenvalue weighted by Crippen LogP contribution is -2.41. The van der Waals surface area contributed by atoms with Crippen LogP contribution in [0.25, 0.3) is 0 Å². The Morgan fingerprint density at radius 1 is 0.875 bits per heavy atom. The molecule has 0 saturated carbocycles. The van der Waals surface area contributed by atoms with Crippen molar-refractivity contribution in [2.45, 2.75) is 32.2 Å². The number of hydrogen-bond donors (Lipinski definition) is 0. The first-order valence-electron chi connectivity index (χ1n) is 10.2. The van der Waals surface area contributed by atoms with Crippen molar-refractivity contribution in [3.05, 3.63) is 94.0 Å². The largest absolute Gasteiger partial charge is 0.340 e. The lowest BCUT2D eigenvalue weighted by Gasteiger charge is -2.28. The molecule has 0 aliphatic rings. The lowest BCUT2D eigenvalue weighted by molar-refractivity contribution is -0.128. The number of nitrogens with zero attached hydrogens (tertiary/aromatic N) is 2. The number of halogens is 1. The molecule has 0 heterocycles. The summed E-state index contributed by atoms with van der Waals surface area (Å²) < 4.78 is 28.3. The first-order valence-corrected chi connectivity index (χ1v) is 12.0. The summed E-state index contributed by atoms with van der Waals surface area (Å²) in [5, 5.41) is 0.398. The van der Waals surface area contributed by atoms with Crippen molar-refractivity contribution in [2.24, 2.45) is 0 Å². The smallest absolute Gasteiger partial charge is 0.264 e.